The minimum atomic E-state index is -4.34. The average molecular weight is 454 g/mol. The molecule has 0 aliphatic heterocycles. The summed E-state index contributed by atoms with van der Waals surface area (Å²) < 4.78 is 59.7. The van der Waals surface area contributed by atoms with Crippen LogP contribution in [-0.4, -0.2) is 44.9 Å². The topological polar surface area (TPSA) is 92.8 Å². The number of sulfonamides is 1. The van der Waals surface area contributed by atoms with Crippen molar-refractivity contribution in [3.63, 3.8) is 0 Å². The number of nitrogens with zero attached hydrogens (tertiary/aromatic N) is 1. The fourth-order valence-corrected chi connectivity index (χ4v) is 4.06. The van der Waals surface area contributed by atoms with Gasteiger partial charge in [-0.25, -0.2) is 17.2 Å². The largest absolute Gasteiger partial charge is 0.454 e. The number of nitrogens with one attached hydrogen (secondary N) is 1. The van der Waals surface area contributed by atoms with Crippen molar-refractivity contribution in [2.75, 3.05) is 13.7 Å². The van der Waals surface area contributed by atoms with Gasteiger partial charge >= 0.3 is 5.97 Å². The molecule has 0 unspecified atom stereocenters. The van der Waals surface area contributed by atoms with Gasteiger partial charge in [0.15, 0.2) is 6.61 Å². The van der Waals surface area contributed by atoms with E-state index < -0.39 is 57.0 Å². The Labute approximate surface area is 180 Å². The first-order chi connectivity index (χ1) is 14.5. The van der Waals surface area contributed by atoms with Crippen LogP contribution in [-0.2, 0) is 30.9 Å². The summed E-state index contributed by atoms with van der Waals surface area (Å²) in [6.07, 6.45) is 0. The lowest BCUT2D eigenvalue weighted by molar-refractivity contribution is -0.154. The minimum Gasteiger partial charge on any atom is -0.454 e. The van der Waals surface area contributed by atoms with Crippen LogP contribution in [0.3, 0.4) is 0 Å². The van der Waals surface area contributed by atoms with E-state index in [1.165, 1.54) is 42.3 Å². The van der Waals surface area contributed by atoms with Crippen molar-refractivity contribution in [1.29, 1.82) is 0 Å². The maximum atomic E-state index is 13.9. The number of benzene rings is 2. The number of likely N-dealkylation sites (N-methyl/N-ethyl adjacent to an activating group) is 1. The van der Waals surface area contributed by atoms with E-state index in [0.717, 1.165) is 12.1 Å². The summed E-state index contributed by atoms with van der Waals surface area (Å²) in [6.45, 7) is 2.45. The molecule has 2 aromatic carbocycles. The van der Waals surface area contributed by atoms with Gasteiger partial charge in [0.2, 0.25) is 10.0 Å². The van der Waals surface area contributed by atoms with E-state index >= 15 is 0 Å². The van der Waals surface area contributed by atoms with E-state index in [1.54, 1.807) is 19.9 Å². The minimum absolute atomic E-state index is 0.0312. The first-order valence-electron chi connectivity index (χ1n) is 9.43. The first kappa shape index (κ1) is 24.4. The van der Waals surface area contributed by atoms with Crippen molar-refractivity contribution in [2.24, 2.45) is 5.92 Å². The van der Waals surface area contributed by atoms with E-state index in [1.807, 2.05) is 0 Å². The van der Waals surface area contributed by atoms with Gasteiger partial charge in [0, 0.05) is 19.2 Å². The van der Waals surface area contributed by atoms with E-state index in [4.69, 9.17) is 4.74 Å². The molecule has 1 atom stereocenters. The zero-order chi connectivity index (χ0) is 23.2. The molecule has 7 nitrogen and oxygen atoms in total. The first-order valence-corrected chi connectivity index (χ1v) is 10.9. The molecule has 2 rings (SSSR count). The third kappa shape index (κ3) is 6.56. The zero-order valence-corrected chi connectivity index (χ0v) is 18.2. The smallest absolute Gasteiger partial charge is 0.324 e. The highest BCUT2D eigenvalue weighted by atomic mass is 32.2. The normalized spacial score (nSPS) is 12.5. The van der Waals surface area contributed by atoms with Crippen molar-refractivity contribution in [1.82, 2.24) is 9.62 Å². The second kappa shape index (κ2) is 10.5. The van der Waals surface area contributed by atoms with Crippen LogP contribution in [0.15, 0.2) is 53.4 Å². The van der Waals surface area contributed by atoms with E-state index in [-0.39, 0.29) is 6.54 Å². The molecular formula is C21H24F2N2O5S. The SMILES string of the molecule is CC(C)[C@H](NS(=O)(=O)c1ccccc1F)C(=O)OCC(=O)N(C)Cc1ccccc1F. The number of carbonyl (C=O) groups excluding carboxylic acids is 2. The number of ether oxygens (including phenoxy) is 1. The Balaban J connectivity index is 2.01. The van der Waals surface area contributed by atoms with Gasteiger partial charge in [-0.15, -0.1) is 0 Å². The number of carbonyl (C=O) groups is 2. The molecular weight excluding hydrogens is 430 g/mol. The Bertz CT molecular complexity index is 1040. The van der Waals surface area contributed by atoms with Gasteiger partial charge in [0.1, 0.15) is 22.6 Å². The Morgan fingerprint density at radius 3 is 2.19 bits per heavy atom. The lowest BCUT2D eigenvalue weighted by atomic mass is 10.1. The molecule has 0 saturated heterocycles. The fraction of sp³-hybridized carbons (Fsp3) is 0.333. The fourth-order valence-electron chi connectivity index (χ4n) is 2.65. The van der Waals surface area contributed by atoms with Gasteiger partial charge < -0.3 is 9.64 Å². The summed E-state index contributed by atoms with van der Waals surface area (Å²) in [6, 6.07) is 9.36. The second-order valence-electron chi connectivity index (χ2n) is 7.22. The molecule has 168 valence electrons. The molecule has 0 aliphatic rings. The highest BCUT2D eigenvalue weighted by Crippen LogP contribution is 2.16. The molecule has 10 heteroatoms. The average Bonchev–Trinajstić information content (AvgIpc) is 2.71. The molecule has 0 aromatic heterocycles. The van der Waals surface area contributed by atoms with Crippen LogP contribution in [0.5, 0.6) is 0 Å². The van der Waals surface area contributed by atoms with Gasteiger partial charge in [-0.05, 0) is 24.1 Å². The molecule has 0 bridgehead atoms. The third-order valence-electron chi connectivity index (χ3n) is 4.46. The maximum Gasteiger partial charge on any atom is 0.324 e. The molecule has 1 amide bonds. The number of esters is 1. The quantitative estimate of drug-likeness (QED) is 0.588. The molecule has 0 heterocycles. The molecule has 31 heavy (non-hydrogen) atoms. The number of halogens is 2. The number of amides is 1. The maximum absolute atomic E-state index is 13.9. The monoisotopic (exact) mass is 454 g/mol. The molecule has 2 aromatic rings. The van der Waals surface area contributed by atoms with Gasteiger partial charge in [-0.2, -0.15) is 4.72 Å². The van der Waals surface area contributed by atoms with Crippen LogP contribution >= 0.6 is 0 Å². The summed E-state index contributed by atoms with van der Waals surface area (Å²) in [5, 5.41) is 0. The van der Waals surface area contributed by atoms with Crippen molar-refractivity contribution < 1.29 is 31.5 Å². The lowest BCUT2D eigenvalue weighted by Crippen LogP contribution is -2.46. The van der Waals surface area contributed by atoms with E-state index in [9.17, 15) is 26.8 Å². The van der Waals surface area contributed by atoms with Crippen molar-refractivity contribution >= 4 is 21.9 Å². The van der Waals surface area contributed by atoms with Crippen LogP contribution in [0.2, 0.25) is 0 Å². The Morgan fingerprint density at radius 2 is 1.61 bits per heavy atom. The summed E-state index contributed by atoms with van der Waals surface area (Å²) in [5.74, 6) is -3.56. The predicted molar refractivity (Wildman–Crippen MR) is 109 cm³/mol. The molecule has 0 spiro atoms. The predicted octanol–water partition coefficient (Wildman–Crippen LogP) is 2.47. The van der Waals surface area contributed by atoms with Crippen molar-refractivity contribution in [3.05, 3.63) is 65.7 Å². The van der Waals surface area contributed by atoms with E-state index in [2.05, 4.69) is 4.72 Å². The van der Waals surface area contributed by atoms with Crippen LogP contribution in [0, 0.1) is 17.6 Å². The number of hydrogen-bond donors (Lipinski definition) is 1. The summed E-state index contributed by atoms with van der Waals surface area (Å²) in [5.41, 5.74) is 0.294. The third-order valence-corrected chi connectivity index (χ3v) is 5.93. The second-order valence-corrected chi connectivity index (χ2v) is 8.90. The molecule has 0 fully saturated rings. The highest BCUT2D eigenvalue weighted by molar-refractivity contribution is 7.89. The molecule has 1 N–H and O–H groups in total. The van der Waals surface area contributed by atoms with Gasteiger partial charge in [0.05, 0.1) is 0 Å². The Kier molecular flexibility index (Phi) is 8.23. The van der Waals surface area contributed by atoms with Gasteiger partial charge in [-0.1, -0.05) is 44.2 Å². The van der Waals surface area contributed by atoms with Gasteiger partial charge in [-0.3, -0.25) is 9.59 Å². The number of hydrogen-bond acceptors (Lipinski definition) is 5. The van der Waals surface area contributed by atoms with Gasteiger partial charge in [0.25, 0.3) is 5.91 Å². The Hall–Kier alpha value is -2.85. The van der Waals surface area contributed by atoms with Crippen molar-refractivity contribution in [3.8, 4) is 0 Å². The number of rotatable bonds is 9. The van der Waals surface area contributed by atoms with Crippen LogP contribution in [0.4, 0.5) is 8.78 Å². The summed E-state index contributed by atoms with van der Waals surface area (Å²) in [4.78, 5) is 25.3. The van der Waals surface area contributed by atoms with E-state index in [0.29, 0.717) is 5.56 Å². The molecule has 0 aliphatic carbocycles. The summed E-state index contributed by atoms with van der Waals surface area (Å²) in [7, 11) is -2.92. The van der Waals surface area contributed by atoms with Crippen LogP contribution in [0.25, 0.3) is 0 Å². The highest BCUT2D eigenvalue weighted by Gasteiger charge is 2.31. The standard InChI is InChI=1S/C21H24F2N2O5S/c1-14(2)20(24-31(28,29)18-11-7-6-10-17(18)23)21(27)30-13-19(26)25(3)12-15-8-4-5-9-16(15)22/h4-11,14,20,24H,12-13H2,1-3H3/t20-/m0/s1. The lowest BCUT2D eigenvalue weighted by Gasteiger charge is -2.22. The molecule has 0 saturated carbocycles. The molecule has 0 radical (unpaired) electrons. The zero-order valence-electron chi connectivity index (χ0n) is 17.3. The van der Waals surface area contributed by atoms with Crippen molar-refractivity contribution in [2.45, 2.75) is 31.3 Å². The van der Waals surface area contributed by atoms with Crippen LogP contribution < -0.4 is 4.72 Å². The van der Waals surface area contributed by atoms with Crippen LogP contribution in [0.1, 0.15) is 19.4 Å². The summed E-state index contributed by atoms with van der Waals surface area (Å²) >= 11 is 0. The Morgan fingerprint density at radius 1 is 1.03 bits per heavy atom.